The maximum Gasteiger partial charge on any atom is 0.333 e. The summed E-state index contributed by atoms with van der Waals surface area (Å²) < 4.78 is 41.6. The van der Waals surface area contributed by atoms with Crippen LogP contribution in [-0.4, -0.2) is 52.8 Å². The number of nitrogens with zero attached hydrogens (tertiary/aromatic N) is 3. The number of aromatic nitrogens is 3. The molecule has 1 aliphatic rings. The molecule has 3 atom stereocenters. The van der Waals surface area contributed by atoms with E-state index in [9.17, 15) is 22.7 Å². The lowest BCUT2D eigenvalue weighted by molar-refractivity contribution is 0.101. The number of hydrogen-bond acceptors (Lipinski definition) is 8. The van der Waals surface area contributed by atoms with Gasteiger partial charge in [0.05, 0.1) is 29.8 Å². The first-order valence-corrected chi connectivity index (χ1v) is 12.5. The minimum atomic E-state index is -4.10. The SMILES string of the molecule is NS(=O)(=O)OC[C@H]1CC(Nc2ccncc2C(=O)c2ccn(Cc3ccc(F)c(Cl)c3)n2)C[C@@H]1O. The van der Waals surface area contributed by atoms with Gasteiger partial charge in [-0.05, 0) is 42.7 Å². The van der Waals surface area contributed by atoms with Crippen molar-refractivity contribution in [3.8, 4) is 0 Å². The number of anilines is 1. The summed E-state index contributed by atoms with van der Waals surface area (Å²) in [6.45, 7) is 0.0738. The van der Waals surface area contributed by atoms with E-state index in [0.29, 0.717) is 30.6 Å². The number of carbonyl (C=O) groups excluding carboxylic acids is 1. The third-order valence-electron chi connectivity index (χ3n) is 5.73. The van der Waals surface area contributed by atoms with E-state index >= 15 is 0 Å². The van der Waals surface area contributed by atoms with Crippen LogP contribution in [0.25, 0.3) is 0 Å². The minimum absolute atomic E-state index is 0.00696. The number of nitrogens with one attached hydrogen (secondary N) is 1. The summed E-state index contributed by atoms with van der Waals surface area (Å²) >= 11 is 5.83. The van der Waals surface area contributed by atoms with Crippen molar-refractivity contribution in [1.29, 1.82) is 0 Å². The minimum Gasteiger partial charge on any atom is -0.393 e. The van der Waals surface area contributed by atoms with Gasteiger partial charge in [0.25, 0.3) is 0 Å². The number of aliphatic hydroxyl groups excluding tert-OH is 1. The highest BCUT2D eigenvalue weighted by Crippen LogP contribution is 2.30. The highest BCUT2D eigenvalue weighted by molar-refractivity contribution is 7.84. The van der Waals surface area contributed by atoms with Crippen molar-refractivity contribution in [2.45, 2.75) is 31.5 Å². The lowest BCUT2D eigenvalue weighted by Gasteiger charge is -2.16. The van der Waals surface area contributed by atoms with Gasteiger partial charge in [-0.2, -0.15) is 13.5 Å². The third kappa shape index (κ3) is 6.41. The number of carbonyl (C=O) groups is 1. The van der Waals surface area contributed by atoms with Crippen LogP contribution >= 0.6 is 11.6 Å². The smallest absolute Gasteiger partial charge is 0.333 e. The van der Waals surface area contributed by atoms with Gasteiger partial charge in [-0.15, -0.1) is 0 Å². The topological polar surface area (TPSA) is 149 Å². The molecule has 35 heavy (non-hydrogen) atoms. The van der Waals surface area contributed by atoms with Crippen LogP contribution in [0.3, 0.4) is 0 Å². The molecule has 4 N–H and O–H groups in total. The van der Waals surface area contributed by atoms with Crippen LogP contribution in [-0.2, 0) is 21.0 Å². The Bertz CT molecular complexity index is 1340. The molecule has 0 amide bonds. The molecule has 0 spiro atoms. The molecule has 0 aliphatic heterocycles. The number of halogens is 2. The molecule has 1 aliphatic carbocycles. The first-order valence-electron chi connectivity index (χ1n) is 10.7. The molecule has 4 rings (SSSR count). The quantitative estimate of drug-likeness (QED) is 0.361. The van der Waals surface area contributed by atoms with Gasteiger partial charge >= 0.3 is 10.3 Å². The zero-order valence-corrected chi connectivity index (χ0v) is 19.9. The predicted molar refractivity (Wildman–Crippen MR) is 126 cm³/mol. The van der Waals surface area contributed by atoms with Gasteiger partial charge in [0, 0.05) is 36.2 Å². The van der Waals surface area contributed by atoms with Gasteiger partial charge in [0.2, 0.25) is 5.78 Å². The number of aliphatic hydroxyl groups is 1. The van der Waals surface area contributed by atoms with Gasteiger partial charge < -0.3 is 10.4 Å². The van der Waals surface area contributed by atoms with Crippen molar-refractivity contribution in [2.75, 3.05) is 11.9 Å². The number of rotatable bonds is 9. The van der Waals surface area contributed by atoms with Crippen LogP contribution in [0.4, 0.5) is 10.1 Å². The van der Waals surface area contributed by atoms with Crippen molar-refractivity contribution in [2.24, 2.45) is 11.1 Å². The normalized spacial score (nSPS) is 20.2. The predicted octanol–water partition coefficient (Wildman–Crippen LogP) is 2.12. The summed E-state index contributed by atoms with van der Waals surface area (Å²) in [4.78, 5) is 17.2. The maximum absolute atomic E-state index is 13.4. The summed E-state index contributed by atoms with van der Waals surface area (Å²) in [5.41, 5.74) is 1.72. The fourth-order valence-corrected chi connectivity index (χ4v) is 4.60. The summed E-state index contributed by atoms with van der Waals surface area (Å²) in [6.07, 6.45) is 4.56. The Labute approximate surface area is 206 Å². The van der Waals surface area contributed by atoms with Gasteiger partial charge in [-0.3, -0.25) is 18.6 Å². The molecule has 10 nitrogen and oxygen atoms in total. The molecule has 0 saturated heterocycles. The summed E-state index contributed by atoms with van der Waals surface area (Å²) in [7, 11) is -4.10. The van der Waals surface area contributed by atoms with E-state index in [1.54, 1.807) is 29.1 Å². The maximum atomic E-state index is 13.4. The van der Waals surface area contributed by atoms with Crippen molar-refractivity contribution < 1.29 is 26.9 Å². The van der Waals surface area contributed by atoms with E-state index in [2.05, 4.69) is 19.6 Å². The molecule has 1 saturated carbocycles. The molecule has 13 heteroatoms. The van der Waals surface area contributed by atoms with Crippen LogP contribution < -0.4 is 10.5 Å². The second kappa shape index (κ2) is 10.4. The lowest BCUT2D eigenvalue weighted by atomic mass is 10.1. The van der Waals surface area contributed by atoms with E-state index in [0.717, 1.165) is 5.56 Å². The number of benzene rings is 1. The fraction of sp³-hybridized carbons (Fsp3) is 0.318. The second-order valence-corrected chi connectivity index (χ2v) is 9.94. The van der Waals surface area contributed by atoms with Crippen molar-refractivity contribution in [1.82, 2.24) is 14.8 Å². The Hall–Kier alpha value is -2.90. The van der Waals surface area contributed by atoms with E-state index in [1.165, 1.54) is 24.5 Å². The molecule has 0 radical (unpaired) electrons. The average molecular weight is 524 g/mol. The van der Waals surface area contributed by atoms with Gasteiger partial charge in [-0.25, -0.2) is 9.53 Å². The Morgan fingerprint density at radius 3 is 2.86 bits per heavy atom. The molecule has 1 unspecified atom stereocenters. The van der Waals surface area contributed by atoms with Gasteiger partial charge in [0.1, 0.15) is 11.5 Å². The summed E-state index contributed by atoms with van der Waals surface area (Å²) in [5, 5.41) is 22.7. The molecule has 2 heterocycles. The zero-order chi connectivity index (χ0) is 25.2. The Balaban J connectivity index is 1.44. The lowest BCUT2D eigenvalue weighted by Crippen LogP contribution is -2.24. The van der Waals surface area contributed by atoms with Crippen molar-refractivity contribution in [3.05, 3.63) is 76.6 Å². The van der Waals surface area contributed by atoms with Crippen LogP contribution in [0.1, 0.15) is 34.5 Å². The molecular formula is C22H23ClFN5O5S. The van der Waals surface area contributed by atoms with E-state index in [-0.39, 0.29) is 29.1 Å². The van der Waals surface area contributed by atoms with Crippen LogP contribution in [0.15, 0.2) is 48.9 Å². The Morgan fingerprint density at radius 2 is 2.11 bits per heavy atom. The van der Waals surface area contributed by atoms with E-state index < -0.39 is 28.1 Å². The number of pyridine rings is 1. The second-order valence-electron chi connectivity index (χ2n) is 8.31. The first-order chi connectivity index (χ1) is 16.6. The largest absolute Gasteiger partial charge is 0.393 e. The number of nitrogens with two attached hydrogens (primary N) is 1. The van der Waals surface area contributed by atoms with E-state index in [4.69, 9.17) is 16.7 Å². The van der Waals surface area contributed by atoms with Crippen LogP contribution in [0, 0.1) is 11.7 Å². The summed E-state index contributed by atoms with van der Waals surface area (Å²) in [5.74, 6) is -1.30. The third-order valence-corrected chi connectivity index (χ3v) is 6.49. The van der Waals surface area contributed by atoms with Crippen molar-refractivity contribution >= 4 is 33.4 Å². The molecule has 2 aromatic heterocycles. The molecule has 186 valence electrons. The fourth-order valence-electron chi connectivity index (χ4n) is 4.04. The Kier molecular flexibility index (Phi) is 7.47. The van der Waals surface area contributed by atoms with Crippen LogP contribution in [0.5, 0.6) is 0 Å². The van der Waals surface area contributed by atoms with Crippen molar-refractivity contribution in [3.63, 3.8) is 0 Å². The highest BCUT2D eigenvalue weighted by Gasteiger charge is 2.34. The zero-order valence-electron chi connectivity index (χ0n) is 18.3. The first kappa shape index (κ1) is 25.2. The average Bonchev–Trinajstić information content (AvgIpc) is 3.40. The van der Waals surface area contributed by atoms with Gasteiger partial charge in [0.15, 0.2) is 0 Å². The monoisotopic (exact) mass is 523 g/mol. The number of hydrogen-bond donors (Lipinski definition) is 3. The molecular weight excluding hydrogens is 501 g/mol. The summed E-state index contributed by atoms with van der Waals surface area (Å²) in [6, 6.07) is 7.35. The van der Waals surface area contributed by atoms with Gasteiger partial charge in [-0.1, -0.05) is 17.7 Å². The molecule has 0 bridgehead atoms. The van der Waals surface area contributed by atoms with E-state index in [1.807, 2.05) is 0 Å². The Morgan fingerprint density at radius 1 is 1.31 bits per heavy atom. The molecule has 1 fully saturated rings. The number of ketones is 1. The molecule has 1 aromatic carbocycles. The molecule has 3 aromatic rings. The highest BCUT2D eigenvalue weighted by atomic mass is 35.5. The standard InChI is InChI=1S/C22H23ClFN5O5S/c23-17-7-13(1-2-18(17)24)11-29-6-4-20(28-29)22(31)16-10-26-5-3-19(16)27-15-8-14(21(30)9-15)12-34-35(25,32)33/h1-7,10,14-15,21,30H,8-9,11-12H2,(H,26,27)(H2,25,32,33)/t14-,15?,21+/m1/s1. The van der Waals surface area contributed by atoms with Crippen LogP contribution in [0.2, 0.25) is 5.02 Å².